The standard InChI is InChI=1S/C5H4BrFO2S2/c6-5-2-1-4(10-5)3-11(7,8)9/h1-2H,3H2. The van der Waals surface area contributed by atoms with Gasteiger partial charge in [0.05, 0.1) is 3.79 Å². The molecular weight excluding hydrogens is 255 g/mol. The van der Waals surface area contributed by atoms with E-state index in [-0.39, 0.29) is 0 Å². The van der Waals surface area contributed by atoms with Gasteiger partial charge in [-0.25, -0.2) is 0 Å². The molecule has 0 aliphatic heterocycles. The number of hydrogen-bond donors (Lipinski definition) is 0. The molecule has 1 aromatic heterocycles. The average Bonchev–Trinajstić information content (AvgIpc) is 2.10. The van der Waals surface area contributed by atoms with Crippen LogP contribution in [0.2, 0.25) is 0 Å². The molecule has 2 nitrogen and oxygen atoms in total. The molecule has 0 fully saturated rings. The molecule has 0 aromatic carbocycles. The quantitative estimate of drug-likeness (QED) is 0.764. The van der Waals surface area contributed by atoms with Crippen LogP contribution in [0.25, 0.3) is 0 Å². The fourth-order valence-electron chi connectivity index (χ4n) is 0.599. The smallest absolute Gasteiger partial charge is 0.194 e. The van der Waals surface area contributed by atoms with Crippen LogP contribution in [0.3, 0.4) is 0 Å². The highest BCUT2D eigenvalue weighted by Gasteiger charge is 2.09. The first-order chi connectivity index (χ1) is 4.97. The van der Waals surface area contributed by atoms with E-state index in [1.54, 1.807) is 12.1 Å². The van der Waals surface area contributed by atoms with Crippen LogP contribution in [0.5, 0.6) is 0 Å². The molecule has 11 heavy (non-hydrogen) atoms. The van der Waals surface area contributed by atoms with Crippen molar-refractivity contribution in [1.82, 2.24) is 0 Å². The van der Waals surface area contributed by atoms with Gasteiger partial charge in [0.2, 0.25) is 0 Å². The Morgan fingerprint density at radius 2 is 2.18 bits per heavy atom. The highest BCUT2D eigenvalue weighted by Crippen LogP contribution is 2.23. The number of halogens is 2. The Balaban J connectivity index is 2.81. The van der Waals surface area contributed by atoms with E-state index in [1.165, 1.54) is 11.3 Å². The molecule has 62 valence electrons. The summed E-state index contributed by atoms with van der Waals surface area (Å²) in [6, 6.07) is 3.26. The van der Waals surface area contributed by atoms with Crippen LogP contribution >= 0.6 is 27.3 Å². The highest BCUT2D eigenvalue weighted by atomic mass is 79.9. The third-order valence-corrected chi connectivity index (χ3v) is 3.41. The van der Waals surface area contributed by atoms with E-state index in [0.717, 1.165) is 3.79 Å². The minimum absolute atomic E-state index is 0.499. The maximum Gasteiger partial charge on any atom is 0.307 e. The Labute approximate surface area is 76.4 Å². The molecule has 0 atom stereocenters. The van der Waals surface area contributed by atoms with E-state index >= 15 is 0 Å². The second-order valence-corrected chi connectivity index (χ2v) is 5.80. The molecule has 0 aliphatic rings. The zero-order chi connectivity index (χ0) is 8.48. The van der Waals surface area contributed by atoms with E-state index in [1.807, 2.05) is 0 Å². The number of rotatable bonds is 2. The molecule has 0 amide bonds. The summed E-state index contributed by atoms with van der Waals surface area (Å²) in [5.74, 6) is -0.525. The molecular formula is C5H4BrFO2S2. The van der Waals surface area contributed by atoms with Gasteiger partial charge in [0.25, 0.3) is 0 Å². The summed E-state index contributed by atoms with van der Waals surface area (Å²) in [5, 5.41) is 0. The minimum atomic E-state index is -4.37. The summed E-state index contributed by atoms with van der Waals surface area (Å²) in [5.41, 5.74) is 0. The van der Waals surface area contributed by atoms with Crippen LogP contribution < -0.4 is 0 Å². The van der Waals surface area contributed by atoms with E-state index in [2.05, 4.69) is 15.9 Å². The predicted molar refractivity (Wildman–Crippen MR) is 45.8 cm³/mol. The van der Waals surface area contributed by atoms with Crippen molar-refractivity contribution in [3.8, 4) is 0 Å². The molecule has 1 rings (SSSR count). The highest BCUT2D eigenvalue weighted by molar-refractivity contribution is 9.11. The van der Waals surface area contributed by atoms with Crippen LogP contribution in [0, 0.1) is 0 Å². The Morgan fingerprint density at radius 3 is 2.55 bits per heavy atom. The Kier molecular flexibility index (Phi) is 2.66. The molecule has 0 N–H and O–H groups in total. The lowest BCUT2D eigenvalue weighted by Gasteiger charge is -1.87. The average molecular weight is 259 g/mol. The lowest BCUT2D eigenvalue weighted by molar-refractivity contribution is 0.551. The van der Waals surface area contributed by atoms with Gasteiger partial charge in [-0.05, 0) is 28.1 Å². The van der Waals surface area contributed by atoms with Gasteiger partial charge in [-0.3, -0.25) is 0 Å². The molecule has 0 unspecified atom stereocenters. The lowest BCUT2D eigenvalue weighted by atomic mass is 10.5. The second kappa shape index (κ2) is 3.20. The molecule has 0 spiro atoms. The van der Waals surface area contributed by atoms with Gasteiger partial charge in [-0.1, -0.05) is 0 Å². The first kappa shape index (κ1) is 9.15. The normalized spacial score (nSPS) is 11.8. The van der Waals surface area contributed by atoms with Crippen molar-refractivity contribution < 1.29 is 12.3 Å². The Bertz CT molecular complexity index is 343. The minimum Gasteiger partial charge on any atom is -0.194 e. The molecule has 0 saturated carbocycles. The molecule has 1 aromatic rings. The van der Waals surface area contributed by atoms with E-state index in [0.29, 0.717) is 4.88 Å². The van der Waals surface area contributed by atoms with Crippen LogP contribution in [-0.4, -0.2) is 8.42 Å². The first-order valence-electron chi connectivity index (χ1n) is 2.64. The van der Waals surface area contributed by atoms with Crippen molar-refractivity contribution in [1.29, 1.82) is 0 Å². The maximum absolute atomic E-state index is 12.0. The van der Waals surface area contributed by atoms with Crippen molar-refractivity contribution in [3.63, 3.8) is 0 Å². The monoisotopic (exact) mass is 258 g/mol. The van der Waals surface area contributed by atoms with E-state index < -0.39 is 16.0 Å². The third-order valence-electron chi connectivity index (χ3n) is 0.944. The van der Waals surface area contributed by atoms with Crippen molar-refractivity contribution >= 4 is 37.5 Å². The lowest BCUT2D eigenvalue weighted by Crippen LogP contribution is -1.92. The fraction of sp³-hybridized carbons (Fsp3) is 0.200. The van der Waals surface area contributed by atoms with E-state index in [9.17, 15) is 12.3 Å². The van der Waals surface area contributed by atoms with Gasteiger partial charge >= 0.3 is 10.2 Å². The second-order valence-electron chi connectivity index (χ2n) is 1.89. The van der Waals surface area contributed by atoms with Crippen LogP contribution in [0.4, 0.5) is 3.89 Å². The van der Waals surface area contributed by atoms with Gasteiger partial charge in [0, 0.05) is 4.88 Å². The summed E-state index contributed by atoms with van der Waals surface area (Å²) in [7, 11) is -4.37. The topological polar surface area (TPSA) is 34.1 Å². The van der Waals surface area contributed by atoms with Gasteiger partial charge in [0.15, 0.2) is 0 Å². The van der Waals surface area contributed by atoms with E-state index in [4.69, 9.17) is 0 Å². The zero-order valence-electron chi connectivity index (χ0n) is 5.25. The summed E-state index contributed by atoms with van der Waals surface area (Å²) >= 11 is 4.35. The molecule has 0 saturated heterocycles. The van der Waals surface area contributed by atoms with Gasteiger partial charge in [0.1, 0.15) is 5.75 Å². The van der Waals surface area contributed by atoms with Crippen molar-refractivity contribution in [2.75, 3.05) is 0 Å². The SMILES string of the molecule is O=S(=O)(F)Cc1ccc(Br)s1. The van der Waals surface area contributed by atoms with Gasteiger partial charge in [-0.2, -0.15) is 8.42 Å². The van der Waals surface area contributed by atoms with Crippen molar-refractivity contribution in [2.24, 2.45) is 0 Å². The Morgan fingerprint density at radius 1 is 1.55 bits per heavy atom. The predicted octanol–water partition coefficient (Wildman–Crippen LogP) is 2.31. The summed E-state index contributed by atoms with van der Waals surface area (Å²) in [6.45, 7) is 0. The number of hydrogen-bond acceptors (Lipinski definition) is 3. The van der Waals surface area contributed by atoms with Crippen LogP contribution in [0.15, 0.2) is 15.9 Å². The largest absolute Gasteiger partial charge is 0.307 e. The van der Waals surface area contributed by atoms with Crippen molar-refractivity contribution in [3.05, 3.63) is 20.8 Å². The van der Waals surface area contributed by atoms with Crippen LogP contribution in [-0.2, 0) is 16.0 Å². The molecule has 0 aliphatic carbocycles. The molecule has 0 radical (unpaired) electrons. The van der Waals surface area contributed by atoms with Gasteiger partial charge < -0.3 is 0 Å². The Hall–Kier alpha value is 0.0600. The van der Waals surface area contributed by atoms with Gasteiger partial charge in [-0.15, -0.1) is 15.2 Å². The summed E-state index contributed by atoms with van der Waals surface area (Å²) < 4.78 is 33.1. The summed E-state index contributed by atoms with van der Waals surface area (Å²) in [4.78, 5) is 0.499. The third kappa shape index (κ3) is 3.31. The fourth-order valence-corrected chi connectivity index (χ4v) is 2.97. The number of thiophene rings is 1. The molecule has 6 heteroatoms. The first-order valence-corrected chi connectivity index (χ1v) is 5.80. The van der Waals surface area contributed by atoms with Crippen LogP contribution in [0.1, 0.15) is 4.88 Å². The molecule has 1 heterocycles. The van der Waals surface area contributed by atoms with Crippen molar-refractivity contribution in [2.45, 2.75) is 5.75 Å². The summed E-state index contributed by atoms with van der Waals surface area (Å²) in [6.07, 6.45) is 0. The maximum atomic E-state index is 12.0. The molecule has 0 bridgehead atoms. The zero-order valence-corrected chi connectivity index (χ0v) is 8.47.